The quantitative estimate of drug-likeness (QED) is 0.775. The maximum Gasteiger partial charge on any atom is 0.283 e. The van der Waals surface area contributed by atoms with Crippen LogP contribution in [0.5, 0.6) is 0 Å². The van der Waals surface area contributed by atoms with Crippen molar-refractivity contribution in [2.45, 2.75) is 32.4 Å². The third-order valence-corrected chi connectivity index (χ3v) is 3.28. The Hall–Kier alpha value is -1.32. The van der Waals surface area contributed by atoms with Gasteiger partial charge in [0, 0.05) is 12.5 Å². The Kier molecular flexibility index (Phi) is 5.89. The highest BCUT2D eigenvalue weighted by atomic mass is 79.9. The zero-order valence-corrected chi connectivity index (χ0v) is 11.8. The van der Waals surface area contributed by atoms with Crippen molar-refractivity contribution in [2.75, 3.05) is 11.9 Å². The fourth-order valence-electron chi connectivity index (χ4n) is 1.48. The number of anilines is 1. The van der Waals surface area contributed by atoms with Crippen molar-refractivity contribution in [3.63, 3.8) is 0 Å². The molecule has 1 rings (SSSR count). The Morgan fingerprint density at radius 1 is 1.72 bits per heavy atom. The molecular formula is C12H16BrN3O2. The number of hydrogen-bond donors (Lipinski definition) is 2. The van der Waals surface area contributed by atoms with E-state index in [9.17, 15) is 4.79 Å². The smallest absolute Gasteiger partial charge is 0.283 e. The van der Waals surface area contributed by atoms with E-state index in [1.54, 1.807) is 6.20 Å². The fourth-order valence-corrected chi connectivity index (χ4v) is 1.90. The average Bonchev–Trinajstić information content (AvgIpc) is 2.37. The molecule has 0 saturated carbocycles. The SMILES string of the molecule is C#CCC(CC)Nc1cnn(CCO)c(=O)c1Br. The maximum absolute atomic E-state index is 11.9. The van der Waals surface area contributed by atoms with Crippen molar-refractivity contribution < 1.29 is 5.11 Å². The van der Waals surface area contributed by atoms with Gasteiger partial charge in [0.05, 0.1) is 25.0 Å². The molecule has 1 unspecified atom stereocenters. The van der Waals surface area contributed by atoms with Crippen molar-refractivity contribution in [2.24, 2.45) is 0 Å². The standard InChI is InChI=1S/C12H16BrN3O2/c1-3-5-9(4-2)15-10-8-14-16(6-7-17)12(18)11(10)13/h1,8-9,15,17H,4-7H2,2H3. The lowest BCUT2D eigenvalue weighted by molar-refractivity contribution is 0.266. The van der Waals surface area contributed by atoms with Crippen molar-refractivity contribution in [3.05, 3.63) is 21.0 Å². The first-order chi connectivity index (χ1) is 8.63. The molecule has 1 aromatic rings. The Balaban J connectivity index is 2.95. The number of rotatable bonds is 6. The van der Waals surface area contributed by atoms with Gasteiger partial charge < -0.3 is 10.4 Å². The van der Waals surface area contributed by atoms with Gasteiger partial charge in [0.15, 0.2) is 0 Å². The van der Waals surface area contributed by atoms with E-state index in [4.69, 9.17) is 11.5 Å². The summed E-state index contributed by atoms with van der Waals surface area (Å²) in [5.41, 5.74) is 0.348. The molecule has 98 valence electrons. The van der Waals surface area contributed by atoms with Crippen LogP contribution in [0.15, 0.2) is 15.5 Å². The summed E-state index contributed by atoms with van der Waals surface area (Å²) in [4.78, 5) is 11.9. The van der Waals surface area contributed by atoms with Gasteiger partial charge in [-0.1, -0.05) is 6.92 Å². The minimum atomic E-state index is -0.274. The fraction of sp³-hybridized carbons (Fsp3) is 0.500. The van der Waals surface area contributed by atoms with E-state index >= 15 is 0 Å². The van der Waals surface area contributed by atoms with Gasteiger partial charge in [-0.3, -0.25) is 4.79 Å². The number of aliphatic hydroxyl groups is 1. The summed E-state index contributed by atoms with van der Waals surface area (Å²) in [5.74, 6) is 2.59. The molecule has 0 amide bonds. The Morgan fingerprint density at radius 2 is 2.44 bits per heavy atom. The summed E-state index contributed by atoms with van der Waals surface area (Å²) in [6.45, 7) is 2.07. The Morgan fingerprint density at radius 3 is 3.00 bits per heavy atom. The van der Waals surface area contributed by atoms with Crippen LogP contribution in [0.25, 0.3) is 0 Å². The molecule has 0 saturated heterocycles. The molecule has 0 aliphatic carbocycles. The van der Waals surface area contributed by atoms with Crippen molar-refractivity contribution >= 4 is 21.6 Å². The van der Waals surface area contributed by atoms with Gasteiger partial charge >= 0.3 is 0 Å². The monoisotopic (exact) mass is 313 g/mol. The van der Waals surface area contributed by atoms with Gasteiger partial charge in [0.2, 0.25) is 0 Å². The molecule has 0 fully saturated rings. The van der Waals surface area contributed by atoms with Crippen LogP contribution in [-0.2, 0) is 6.54 Å². The van der Waals surface area contributed by atoms with Crippen LogP contribution >= 0.6 is 15.9 Å². The molecule has 1 heterocycles. The molecule has 5 nitrogen and oxygen atoms in total. The lowest BCUT2D eigenvalue weighted by atomic mass is 10.1. The number of terminal acetylenes is 1. The molecule has 0 aliphatic rings. The lowest BCUT2D eigenvalue weighted by Gasteiger charge is -2.16. The summed E-state index contributed by atoms with van der Waals surface area (Å²) in [6, 6.07) is 0.112. The van der Waals surface area contributed by atoms with E-state index in [1.807, 2.05) is 6.92 Å². The maximum atomic E-state index is 11.9. The molecule has 0 aliphatic heterocycles. The van der Waals surface area contributed by atoms with E-state index < -0.39 is 0 Å². The van der Waals surface area contributed by atoms with Gasteiger partial charge in [-0.2, -0.15) is 5.10 Å². The van der Waals surface area contributed by atoms with Crippen LogP contribution in [0.2, 0.25) is 0 Å². The second-order valence-corrected chi connectivity index (χ2v) is 4.57. The number of aromatic nitrogens is 2. The second kappa shape index (κ2) is 7.19. The predicted octanol–water partition coefficient (Wildman–Crippen LogP) is 1.21. The summed E-state index contributed by atoms with van der Waals surface area (Å²) >= 11 is 3.24. The zero-order chi connectivity index (χ0) is 13.5. The number of aliphatic hydroxyl groups excluding tert-OH is 1. The third kappa shape index (κ3) is 3.59. The van der Waals surface area contributed by atoms with Gasteiger partial charge in [-0.15, -0.1) is 12.3 Å². The molecular weight excluding hydrogens is 298 g/mol. The van der Waals surface area contributed by atoms with E-state index in [0.29, 0.717) is 16.6 Å². The lowest BCUT2D eigenvalue weighted by Crippen LogP contribution is -2.27. The molecule has 0 aromatic carbocycles. The minimum Gasteiger partial charge on any atom is -0.394 e. The van der Waals surface area contributed by atoms with Crippen LogP contribution in [0, 0.1) is 12.3 Å². The molecule has 0 radical (unpaired) electrons. The first-order valence-electron chi connectivity index (χ1n) is 5.70. The van der Waals surface area contributed by atoms with E-state index in [1.165, 1.54) is 4.68 Å². The Bertz CT molecular complexity index is 493. The molecule has 2 N–H and O–H groups in total. The summed E-state index contributed by atoms with van der Waals surface area (Å²) < 4.78 is 1.61. The number of nitrogens with one attached hydrogen (secondary N) is 1. The van der Waals surface area contributed by atoms with E-state index in [2.05, 4.69) is 32.3 Å². The topological polar surface area (TPSA) is 67.2 Å². The van der Waals surface area contributed by atoms with Crippen LogP contribution in [0.3, 0.4) is 0 Å². The molecule has 6 heteroatoms. The largest absolute Gasteiger partial charge is 0.394 e. The summed E-state index contributed by atoms with van der Waals surface area (Å²) in [6.07, 6.45) is 8.28. The van der Waals surface area contributed by atoms with Gasteiger partial charge in [0.25, 0.3) is 5.56 Å². The van der Waals surface area contributed by atoms with Crippen LogP contribution in [0.4, 0.5) is 5.69 Å². The normalized spacial score (nSPS) is 11.9. The first-order valence-corrected chi connectivity index (χ1v) is 6.49. The van der Waals surface area contributed by atoms with Crippen molar-refractivity contribution in [1.29, 1.82) is 0 Å². The predicted molar refractivity (Wildman–Crippen MR) is 74.4 cm³/mol. The highest BCUT2D eigenvalue weighted by Crippen LogP contribution is 2.18. The van der Waals surface area contributed by atoms with Gasteiger partial charge in [-0.25, -0.2) is 4.68 Å². The van der Waals surface area contributed by atoms with Crippen molar-refractivity contribution in [1.82, 2.24) is 9.78 Å². The van der Waals surface area contributed by atoms with E-state index in [-0.39, 0.29) is 24.8 Å². The molecule has 0 bridgehead atoms. The van der Waals surface area contributed by atoms with Gasteiger partial charge in [-0.05, 0) is 22.4 Å². The average molecular weight is 314 g/mol. The highest BCUT2D eigenvalue weighted by molar-refractivity contribution is 9.10. The van der Waals surface area contributed by atoms with Gasteiger partial charge in [0.1, 0.15) is 4.47 Å². The second-order valence-electron chi connectivity index (χ2n) is 3.78. The Labute approximate surface area is 114 Å². The summed E-state index contributed by atoms with van der Waals surface area (Å²) in [5, 5.41) is 16.0. The summed E-state index contributed by atoms with van der Waals surface area (Å²) in [7, 11) is 0. The molecule has 0 spiro atoms. The first kappa shape index (κ1) is 14.7. The number of nitrogens with zero attached hydrogens (tertiary/aromatic N) is 2. The van der Waals surface area contributed by atoms with Crippen molar-refractivity contribution in [3.8, 4) is 12.3 Å². The van der Waals surface area contributed by atoms with Crippen LogP contribution in [0.1, 0.15) is 19.8 Å². The van der Waals surface area contributed by atoms with Crippen LogP contribution in [-0.4, -0.2) is 27.5 Å². The van der Waals surface area contributed by atoms with E-state index in [0.717, 1.165) is 6.42 Å². The minimum absolute atomic E-state index is 0.112. The number of hydrogen-bond acceptors (Lipinski definition) is 4. The molecule has 1 atom stereocenters. The van der Waals surface area contributed by atoms with Crippen LogP contribution < -0.4 is 10.9 Å². The zero-order valence-electron chi connectivity index (χ0n) is 10.2. The number of halogens is 1. The molecule has 1 aromatic heterocycles. The highest BCUT2D eigenvalue weighted by Gasteiger charge is 2.11. The molecule has 18 heavy (non-hydrogen) atoms. The third-order valence-electron chi connectivity index (χ3n) is 2.51.